The molecule has 0 aromatic heterocycles. The van der Waals surface area contributed by atoms with Gasteiger partial charge >= 0.3 is 5.97 Å². The van der Waals surface area contributed by atoms with Crippen LogP contribution in [0.5, 0.6) is 0 Å². The molecule has 1 rings (SSSR count). The Kier molecular flexibility index (Phi) is 47.3. The van der Waals surface area contributed by atoms with Crippen LogP contribution in [0.15, 0.2) is 24.3 Å². The van der Waals surface area contributed by atoms with Crippen LogP contribution < -0.4 is 5.32 Å². The molecule has 1 saturated heterocycles. The van der Waals surface area contributed by atoms with Gasteiger partial charge in [-0.1, -0.05) is 257 Å². The maximum absolute atomic E-state index is 13.4. The average molecular weight is 1020 g/mol. The summed E-state index contributed by atoms with van der Waals surface area (Å²) in [7, 11) is 0. The fourth-order valence-corrected chi connectivity index (χ4v) is 9.71. The minimum Gasteiger partial charge on any atom is -0.454 e. The third-order valence-corrected chi connectivity index (χ3v) is 14.6. The Morgan fingerprint density at radius 2 is 0.917 bits per heavy atom. The molecule has 0 bridgehead atoms. The minimum atomic E-state index is -1.61. The lowest BCUT2D eigenvalue weighted by molar-refractivity contribution is -0.305. The molecule has 0 radical (unpaired) electrons. The summed E-state index contributed by atoms with van der Waals surface area (Å²) in [6.07, 6.45) is 46.5. The van der Waals surface area contributed by atoms with Crippen LogP contribution in [0.3, 0.4) is 0 Å². The standard InChI is InChI=1S/C61H115NO10/c1-4-7-10-13-16-19-22-25-26-27-28-29-31-33-36-39-42-45-48-54(65)60(69)62-52(53(64)47-44-41-38-35-32-24-21-18-15-12-9-6-3)51-70-61-59(58(68)57(67)55(50-63)71-61)72-56(66)49-46-43-40-37-34-30-23-20-17-14-11-8-5-2/h30,34,44,47,52-55,57-59,61,63-65,67-68H,4-29,31-33,35-43,45-46,48-51H2,1-3H3,(H,62,69)/b34-30-,47-44+. The largest absolute Gasteiger partial charge is 0.454 e. The molecule has 11 nitrogen and oxygen atoms in total. The smallest absolute Gasteiger partial charge is 0.306 e. The van der Waals surface area contributed by atoms with Crippen molar-refractivity contribution in [1.29, 1.82) is 0 Å². The molecule has 424 valence electrons. The molecule has 1 heterocycles. The Balaban J connectivity index is 2.68. The first-order valence-corrected chi connectivity index (χ1v) is 30.6. The molecule has 0 aromatic carbocycles. The summed E-state index contributed by atoms with van der Waals surface area (Å²) in [4.78, 5) is 26.5. The Labute approximate surface area is 441 Å². The zero-order valence-electron chi connectivity index (χ0n) is 46.8. The maximum atomic E-state index is 13.4. The van der Waals surface area contributed by atoms with Gasteiger partial charge in [0.15, 0.2) is 12.4 Å². The molecule has 6 N–H and O–H groups in total. The summed E-state index contributed by atoms with van der Waals surface area (Å²) in [5.41, 5.74) is 0. The van der Waals surface area contributed by atoms with Gasteiger partial charge in [-0.05, 0) is 51.4 Å². The van der Waals surface area contributed by atoms with E-state index in [0.29, 0.717) is 19.3 Å². The number of amides is 1. The highest BCUT2D eigenvalue weighted by Crippen LogP contribution is 2.26. The molecular weight excluding hydrogens is 907 g/mol. The molecule has 8 atom stereocenters. The summed E-state index contributed by atoms with van der Waals surface area (Å²) >= 11 is 0. The summed E-state index contributed by atoms with van der Waals surface area (Å²) < 4.78 is 17.6. The molecule has 1 fully saturated rings. The highest BCUT2D eigenvalue weighted by molar-refractivity contribution is 5.80. The van der Waals surface area contributed by atoms with Gasteiger partial charge in [0.25, 0.3) is 0 Å². The van der Waals surface area contributed by atoms with Crippen molar-refractivity contribution < 1.29 is 49.3 Å². The predicted molar refractivity (Wildman–Crippen MR) is 297 cm³/mol. The third kappa shape index (κ3) is 37.8. The number of esters is 1. The van der Waals surface area contributed by atoms with Crippen molar-refractivity contribution in [3.8, 4) is 0 Å². The van der Waals surface area contributed by atoms with E-state index in [0.717, 1.165) is 64.2 Å². The van der Waals surface area contributed by atoms with Gasteiger partial charge in [-0.2, -0.15) is 0 Å². The van der Waals surface area contributed by atoms with E-state index in [4.69, 9.17) is 14.2 Å². The van der Waals surface area contributed by atoms with Crippen LogP contribution in [0, 0.1) is 0 Å². The number of ether oxygens (including phenoxy) is 3. The van der Waals surface area contributed by atoms with E-state index in [9.17, 15) is 35.1 Å². The van der Waals surface area contributed by atoms with Crippen LogP contribution >= 0.6 is 0 Å². The topological polar surface area (TPSA) is 175 Å². The van der Waals surface area contributed by atoms with Gasteiger partial charge in [-0.15, -0.1) is 0 Å². The van der Waals surface area contributed by atoms with Crippen LogP contribution in [0.2, 0.25) is 0 Å². The van der Waals surface area contributed by atoms with Crippen molar-refractivity contribution in [3.63, 3.8) is 0 Å². The van der Waals surface area contributed by atoms with Crippen LogP contribution in [0.1, 0.15) is 290 Å². The number of hydrogen-bond acceptors (Lipinski definition) is 10. The number of carbonyl (C=O) groups excluding carboxylic acids is 2. The Morgan fingerprint density at radius 1 is 0.528 bits per heavy atom. The predicted octanol–water partition coefficient (Wildman–Crippen LogP) is 14.1. The van der Waals surface area contributed by atoms with Crippen molar-refractivity contribution in [2.45, 2.75) is 339 Å². The number of aliphatic hydroxyl groups excluding tert-OH is 5. The molecular formula is C61H115NO10. The quantitative estimate of drug-likeness (QED) is 0.0195. The van der Waals surface area contributed by atoms with Crippen LogP contribution in [0.25, 0.3) is 0 Å². The van der Waals surface area contributed by atoms with Gasteiger partial charge in [-0.3, -0.25) is 9.59 Å². The van der Waals surface area contributed by atoms with Crippen molar-refractivity contribution in [2.75, 3.05) is 13.2 Å². The van der Waals surface area contributed by atoms with Gasteiger partial charge in [0.05, 0.1) is 25.4 Å². The average Bonchev–Trinajstić information content (AvgIpc) is 3.38. The summed E-state index contributed by atoms with van der Waals surface area (Å²) in [5.74, 6) is -1.20. The number of aliphatic hydroxyl groups is 5. The number of allylic oxidation sites excluding steroid dienone is 3. The van der Waals surface area contributed by atoms with Crippen molar-refractivity contribution >= 4 is 11.9 Å². The highest BCUT2D eigenvalue weighted by atomic mass is 16.7. The number of hydrogen-bond donors (Lipinski definition) is 6. The van der Waals surface area contributed by atoms with E-state index in [1.807, 2.05) is 6.08 Å². The van der Waals surface area contributed by atoms with E-state index in [2.05, 4.69) is 38.2 Å². The van der Waals surface area contributed by atoms with Crippen molar-refractivity contribution in [2.24, 2.45) is 0 Å². The van der Waals surface area contributed by atoms with Gasteiger partial charge in [0.1, 0.15) is 24.4 Å². The van der Waals surface area contributed by atoms with Gasteiger partial charge in [0.2, 0.25) is 5.91 Å². The maximum Gasteiger partial charge on any atom is 0.306 e. The van der Waals surface area contributed by atoms with Gasteiger partial charge in [0, 0.05) is 6.42 Å². The van der Waals surface area contributed by atoms with E-state index < -0.39 is 67.4 Å². The number of unbranched alkanes of at least 4 members (excludes halogenated alkanes) is 36. The Hall–Kier alpha value is -1.86. The molecule has 8 unspecified atom stereocenters. The van der Waals surface area contributed by atoms with E-state index >= 15 is 0 Å². The number of rotatable bonds is 52. The summed E-state index contributed by atoms with van der Waals surface area (Å²) in [6, 6.07) is -1.02. The van der Waals surface area contributed by atoms with Crippen molar-refractivity contribution in [1.82, 2.24) is 5.32 Å². The molecule has 1 aliphatic heterocycles. The lowest BCUT2D eigenvalue weighted by Crippen LogP contribution is -2.61. The van der Waals surface area contributed by atoms with Crippen molar-refractivity contribution in [3.05, 3.63) is 24.3 Å². The zero-order valence-corrected chi connectivity index (χ0v) is 46.8. The van der Waals surface area contributed by atoms with E-state index in [1.165, 1.54) is 180 Å². The Morgan fingerprint density at radius 3 is 1.35 bits per heavy atom. The summed E-state index contributed by atoms with van der Waals surface area (Å²) in [5, 5.41) is 56.9. The lowest BCUT2D eigenvalue weighted by Gasteiger charge is -2.41. The monoisotopic (exact) mass is 1020 g/mol. The molecule has 1 amide bonds. The normalized spacial score (nSPS) is 19.6. The first-order chi connectivity index (χ1) is 35.2. The molecule has 1 aliphatic rings. The molecule has 72 heavy (non-hydrogen) atoms. The second kappa shape index (κ2) is 50.0. The number of nitrogens with one attached hydrogen (secondary N) is 1. The third-order valence-electron chi connectivity index (χ3n) is 14.6. The number of carbonyl (C=O) groups is 2. The Bertz CT molecular complexity index is 1270. The van der Waals surface area contributed by atoms with Gasteiger partial charge < -0.3 is 45.1 Å². The molecule has 0 saturated carbocycles. The fraction of sp³-hybridized carbons (Fsp3) is 0.902. The first kappa shape index (κ1) is 68.2. The minimum absolute atomic E-state index is 0.107. The second-order valence-electron chi connectivity index (χ2n) is 21.4. The molecule has 0 aromatic rings. The van der Waals surface area contributed by atoms with Crippen LogP contribution in [-0.2, 0) is 23.8 Å². The highest BCUT2D eigenvalue weighted by Gasteiger charge is 2.47. The van der Waals surface area contributed by atoms with E-state index in [1.54, 1.807) is 6.08 Å². The second-order valence-corrected chi connectivity index (χ2v) is 21.4. The lowest BCUT2D eigenvalue weighted by atomic mass is 9.99. The zero-order chi connectivity index (χ0) is 52.5. The fourth-order valence-electron chi connectivity index (χ4n) is 9.71. The first-order valence-electron chi connectivity index (χ1n) is 30.6. The van der Waals surface area contributed by atoms with Crippen LogP contribution in [0.4, 0.5) is 0 Å². The van der Waals surface area contributed by atoms with Crippen LogP contribution in [-0.4, -0.2) is 99.6 Å². The van der Waals surface area contributed by atoms with E-state index in [-0.39, 0.29) is 13.0 Å². The van der Waals surface area contributed by atoms with Gasteiger partial charge in [-0.25, -0.2) is 0 Å². The molecule has 0 aliphatic carbocycles. The SMILES string of the molecule is CCCCCCCC/C=C\CCCCCC(=O)OC1C(OCC(NC(=O)C(O)CCCCCCCCCCCCCCCCCCCC)C(O)/C=C/CCCCCCCCCCCC)OC(CO)C(O)C1O. The molecule has 11 heteroatoms. The summed E-state index contributed by atoms with van der Waals surface area (Å²) in [6.45, 7) is 5.79. The molecule has 0 spiro atoms.